The second kappa shape index (κ2) is 6.98. The number of halogens is 2. The van der Waals surface area contributed by atoms with Gasteiger partial charge in [0, 0.05) is 24.8 Å². The molecule has 0 saturated carbocycles. The molecule has 5 rings (SSSR count). The van der Waals surface area contributed by atoms with Crippen LogP contribution in [0.1, 0.15) is 34.5 Å². The number of benzene rings is 2. The van der Waals surface area contributed by atoms with Crippen LogP contribution in [0.25, 0.3) is 10.5 Å². The highest BCUT2D eigenvalue weighted by molar-refractivity contribution is 6.32. The summed E-state index contributed by atoms with van der Waals surface area (Å²) in [5, 5.41) is 5.52. The third-order valence-electron chi connectivity index (χ3n) is 6.27. The lowest BCUT2D eigenvalue weighted by Crippen LogP contribution is -2.35. The van der Waals surface area contributed by atoms with E-state index >= 15 is 0 Å². The summed E-state index contributed by atoms with van der Waals surface area (Å²) in [7, 11) is 0. The van der Waals surface area contributed by atoms with E-state index in [1.165, 1.54) is 11.6 Å². The monoisotopic (exact) mass is 406 g/mol. The van der Waals surface area contributed by atoms with Gasteiger partial charge in [-0.2, -0.15) is 5.10 Å². The first-order valence-electron chi connectivity index (χ1n) is 9.81. The Balaban J connectivity index is 1.44. The number of hydrogen-bond donors (Lipinski definition) is 0. The van der Waals surface area contributed by atoms with Crippen molar-refractivity contribution in [3.05, 3.63) is 86.7 Å². The number of para-hydroxylation sites is 1. The minimum Gasteiger partial charge on any atom is -0.293 e. The molecule has 1 aromatic heterocycles. The van der Waals surface area contributed by atoms with E-state index in [9.17, 15) is 4.39 Å². The van der Waals surface area contributed by atoms with Crippen LogP contribution in [-0.4, -0.2) is 20.7 Å². The minimum atomic E-state index is -0.200. The van der Waals surface area contributed by atoms with Crippen molar-refractivity contribution in [2.75, 3.05) is 0 Å². The van der Waals surface area contributed by atoms with Crippen LogP contribution < -0.4 is 0 Å². The lowest BCUT2D eigenvalue weighted by Gasteiger charge is -2.30. The van der Waals surface area contributed by atoms with Gasteiger partial charge in [0.25, 0.3) is 0 Å². The van der Waals surface area contributed by atoms with Gasteiger partial charge in [0.05, 0.1) is 23.0 Å². The zero-order valence-corrected chi connectivity index (χ0v) is 16.9. The van der Waals surface area contributed by atoms with Crippen LogP contribution in [0, 0.1) is 19.3 Å². The number of nitrogens with zero attached hydrogens (tertiary/aromatic N) is 4. The Morgan fingerprint density at radius 3 is 2.72 bits per heavy atom. The zero-order valence-electron chi connectivity index (χ0n) is 16.1. The fraction of sp³-hybridized carbons (Fsp3) is 0.304. The molecule has 0 amide bonds. The van der Waals surface area contributed by atoms with Crippen LogP contribution in [-0.2, 0) is 25.9 Å². The zero-order chi connectivity index (χ0) is 20.1. The summed E-state index contributed by atoms with van der Waals surface area (Å²) in [6, 6.07) is 11.1. The van der Waals surface area contributed by atoms with Gasteiger partial charge in [-0.25, -0.2) is 13.9 Å². The predicted octanol–water partition coefficient (Wildman–Crippen LogP) is 5.40. The van der Waals surface area contributed by atoms with E-state index in [0.29, 0.717) is 35.4 Å². The van der Waals surface area contributed by atoms with Crippen LogP contribution in [0.5, 0.6) is 0 Å². The van der Waals surface area contributed by atoms with Gasteiger partial charge in [0.2, 0.25) is 0 Å². The van der Waals surface area contributed by atoms with Crippen LogP contribution in [0.2, 0.25) is 5.02 Å². The first kappa shape index (κ1) is 18.4. The van der Waals surface area contributed by atoms with Crippen LogP contribution in [0.15, 0.2) is 36.4 Å². The molecular weight excluding hydrogens is 387 g/mol. The van der Waals surface area contributed by atoms with Crippen molar-refractivity contribution in [3.8, 4) is 5.69 Å². The number of aromatic nitrogens is 2. The van der Waals surface area contributed by atoms with Gasteiger partial charge in [-0.15, -0.1) is 0 Å². The molecule has 4 nitrogen and oxygen atoms in total. The Labute approximate surface area is 174 Å². The summed E-state index contributed by atoms with van der Waals surface area (Å²) in [5.41, 5.74) is 6.52. The first-order valence-corrected chi connectivity index (χ1v) is 10.2. The second-order valence-corrected chi connectivity index (χ2v) is 8.22. The molecule has 3 aromatic rings. The SMILES string of the molecule is [C-]#[N+]c1ccc(F)c2c1CN(C1CCc3nn(-c4ccccc4Cl)c(C)c3C1)C2. The molecule has 0 radical (unpaired) electrons. The number of hydrogen-bond acceptors (Lipinski definition) is 2. The molecular formula is C23H20ClFN4. The highest BCUT2D eigenvalue weighted by Gasteiger charge is 2.33. The molecule has 2 aromatic carbocycles. The lowest BCUT2D eigenvalue weighted by molar-refractivity contribution is 0.180. The smallest absolute Gasteiger partial charge is 0.192 e. The molecule has 2 aliphatic rings. The average Bonchev–Trinajstić information content (AvgIpc) is 3.31. The summed E-state index contributed by atoms with van der Waals surface area (Å²) in [6.07, 6.45) is 2.76. The Morgan fingerprint density at radius 1 is 1.14 bits per heavy atom. The third-order valence-corrected chi connectivity index (χ3v) is 6.59. The molecule has 1 aliphatic carbocycles. The number of rotatable bonds is 2. The van der Waals surface area contributed by atoms with Crippen molar-refractivity contribution in [2.24, 2.45) is 0 Å². The Morgan fingerprint density at radius 2 is 1.93 bits per heavy atom. The summed E-state index contributed by atoms with van der Waals surface area (Å²) in [5.74, 6) is -0.200. The minimum absolute atomic E-state index is 0.200. The van der Waals surface area contributed by atoms with E-state index in [0.717, 1.165) is 41.9 Å². The maximum absolute atomic E-state index is 14.3. The molecule has 0 N–H and O–H groups in total. The van der Waals surface area contributed by atoms with E-state index in [4.69, 9.17) is 23.3 Å². The van der Waals surface area contributed by atoms with Gasteiger partial charge in [0.1, 0.15) is 5.82 Å². The summed E-state index contributed by atoms with van der Waals surface area (Å²) >= 11 is 6.39. The molecule has 1 aliphatic heterocycles. The molecule has 0 fully saturated rings. The van der Waals surface area contributed by atoms with Crippen LogP contribution in [0.4, 0.5) is 10.1 Å². The third kappa shape index (κ3) is 2.95. The highest BCUT2D eigenvalue weighted by Crippen LogP contribution is 2.37. The van der Waals surface area contributed by atoms with Crippen molar-refractivity contribution < 1.29 is 4.39 Å². The van der Waals surface area contributed by atoms with Crippen molar-refractivity contribution >= 4 is 17.3 Å². The number of aryl methyl sites for hydroxylation is 1. The molecule has 0 bridgehead atoms. The molecule has 146 valence electrons. The molecule has 0 saturated heterocycles. The van der Waals surface area contributed by atoms with E-state index < -0.39 is 0 Å². The first-order chi connectivity index (χ1) is 14.1. The molecule has 0 spiro atoms. The average molecular weight is 407 g/mol. The van der Waals surface area contributed by atoms with Gasteiger partial charge in [-0.05, 0) is 61.1 Å². The maximum atomic E-state index is 14.3. The maximum Gasteiger partial charge on any atom is 0.192 e. The number of fused-ring (bicyclic) bond motifs is 2. The van der Waals surface area contributed by atoms with Gasteiger partial charge >= 0.3 is 0 Å². The van der Waals surface area contributed by atoms with Gasteiger partial charge in [-0.3, -0.25) is 4.90 Å². The van der Waals surface area contributed by atoms with Gasteiger partial charge in [0.15, 0.2) is 5.69 Å². The van der Waals surface area contributed by atoms with Crippen molar-refractivity contribution in [1.82, 2.24) is 14.7 Å². The molecule has 1 unspecified atom stereocenters. The molecule has 2 heterocycles. The topological polar surface area (TPSA) is 25.4 Å². The Hall–Kier alpha value is -2.68. The summed E-state index contributed by atoms with van der Waals surface area (Å²) < 4.78 is 16.3. The molecule has 6 heteroatoms. The fourth-order valence-corrected chi connectivity index (χ4v) is 4.91. The van der Waals surface area contributed by atoms with E-state index in [-0.39, 0.29) is 5.82 Å². The Bertz CT molecular complexity index is 1160. The van der Waals surface area contributed by atoms with Gasteiger partial charge in [-0.1, -0.05) is 29.8 Å². The summed E-state index contributed by atoms with van der Waals surface area (Å²) in [4.78, 5) is 5.91. The normalized spacial score (nSPS) is 18.3. The molecule has 1 atom stereocenters. The van der Waals surface area contributed by atoms with Crippen molar-refractivity contribution in [2.45, 2.75) is 45.3 Å². The molecule has 29 heavy (non-hydrogen) atoms. The predicted molar refractivity (Wildman–Crippen MR) is 111 cm³/mol. The van der Waals surface area contributed by atoms with E-state index in [2.05, 4.69) is 16.7 Å². The highest BCUT2D eigenvalue weighted by atomic mass is 35.5. The second-order valence-electron chi connectivity index (χ2n) is 7.81. The van der Waals surface area contributed by atoms with Crippen molar-refractivity contribution in [3.63, 3.8) is 0 Å². The van der Waals surface area contributed by atoms with E-state index in [1.807, 2.05) is 28.9 Å². The summed E-state index contributed by atoms with van der Waals surface area (Å²) in [6.45, 7) is 10.7. The quantitative estimate of drug-likeness (QED) is 0.532. The van der Waals surface area contributed by atoms with Crippen molar-refractivity contribution in [1.29, 1.82) is 0 Å². The largest absolute Gasteiger partial charge is 0.293 e. The standard InChI is InChI=1S/C23H20ClFN4/c1-14-16-11-15(28-12-17-18(13-28)21(26-2)10-8-20(17)25)7-9-22(16)27-29(14)23-6-4-3-5-19(23)24/h3-6,8,10,15H,7,9,11-13H2,1H3. The lowest BCUT2D eigenvalue weighted by atomic mass is 9.91. The van der Waals surface area contributed by atoms with E-state index in [1.54, 1.807) is 6.07 Å². The van der Waals surface area contributed by atoms with Crippen LogP contribution >= 0.6 is 11.6 Å². The van der Waals surface area contributed by atoms with Gasteiger partial charge < -0.3 is 0 Å². The van der Waals surface area contributed by atoms with Crippen LogP contribution in [0.3, 0.4) is 0 Å². The Kier molecular flexibility index (Phi) is 4.42. The fourth-order valence-electron chi connectivity index (χ4n) is 4.69.